The Balaban J connectivity index is 1.86. The van der Waals surface area contributed by atoms with Gasteiger partial charge in [-0.15, -0.1) is 0 Å². The highest BCUT2D eigenvalue weighted by molar-refractivity contribution is 5.09. The highest BCUT2D eigenvalue weighted by Crippen LogP contribution is 2.20. The van der Waals surface area contributed by atoms with Gasteiger partial charge in [0.1, 0.15) is 0 Å². The first-order valence-electron chi connectivity index (χ1n) is 7.46. The number of aromatic nitrogens is 2. The summed E-state index contributed by atoms with van der Waals surface area (Å²) in [7, 11) is 0. The van der Waals surface area contributed by atoms with Gasteiger partial charge in [-0.3, -0.25) is 0 Å². The average Bonchev–Trinajstić information content (AvgIpc) is 3.07. The van der Waals surface area contributed by atoms with Crippen molar-refractivity contribution in [1.29, 1.82) is 0 Å². The molecule has 0 spiro atoms. The van der Waals surface area contributed by atoms with Gasteiger partial charge in [-0.2, -0.15) is 0 Å². The van der Waals surface area contributed by atoms with E-state index < -0.39 is 0 Å². The molecule has 4 nitrogen and oxygen atoms in total. The van der Waals surface area contributed by atoms with Crippen LogP contribution < -0.4 is 11.1 Å². The van der Waals surface area contributed by atoms with Crippen LogP contribution in [0.1, 0.15) is 50.8 Å². The Bertz CT molecular complexity index is 408. The molecule has 0 saturated carbocycles. The molecule has 4 heteroatoms. The summed E-state index contributed by atoms with van der Waals surface area (Å²) in [5.74, 6) is 0. The predicted octanol–water partition coefficient (Wildman–Crippen LogP) is 2.38. The molecular weight excluding hydrogens is 236 g/mol. The first-order valence-corrected chi connectivity index (χ1v) is 7.46. The van der Waals surface area contributed by atoms with Crippen LogP contribution >= 0.6 is 0 Å². The van der Waals surface area contributed by atoms with Crippen LogP contribution in [0.15, 0.2) is 24.2 Å². The van der Waals surface area contributed by atoms with E-state index in [2.05, 4.69) is 27.9 Å². The molecule has 1 aliphatic carbocycles. The molecule has 0 aromatic carbocycles. The maximum atomic E-state index is 5.91. The van der Waals surface area contributed by atoms with Crippen molar-refractivity contribution in [3.05, 3.63) is 29.9 Å². The second kappa shape index (κ2) is 7.46. The van der Waals surface area contributed by atoms with Crippen LogP contribution in [0, 0.1) is 0 Å². The number of nitrogens with zero attached hydrogens (tertiary/aromatic N) is 2. The fourth-order valence-corrected chi connectivity index (χ4v) is 2.73. The molecule has 0 saturated heterocycles. The monoisotopic (exact) mass is 262 g/mol. The van der Waals surface area contributed by atoms with Gasteiger partial charge in [-0.25, -0.2) is 4.98 Å². The number of aryl methyl sites for hydroxylation is 1. The van der Waals surface area contributed by atoms with E-state index >= 15 is 0 Å². The highest BCUT2D eigenvalue weighted by Gasteiger charge is 2.14. The molecule has 3 N–H and O–H groups in total. The van der Waals surface area contributed by atoms with Gasteiger partial charge in [0.25, 0.3) is 0 Å². The van der Waals surface area contributed by atoms with Crippen molar-refractivity contribution in [2.75, 3.05) is 13.1 Å². The van der Waals surface area contributed by atoms with Gasteiger partial charge in [-0.05, 0) is 38.6 Å². The number of imidazole rings is 1. The lowest BCUT2D eigenvalue weighted by atomic mass is 10.1. The van der Waals surface area contributed by atoms with E-state index in [0.717, 1.165) is 25.9 Å². The minimum absolute atomic E-state index is 0.219. The lowest BCUT2D eigenvalue weighted by molar-refractivity contribution is 0.499. The maximum Gasteiger partial charge on any atom is 0.0948 e. The number of nitrogens with two attached hydrogens (primary N) is 1. The molecule has 1 heterocycles. The van der Waals surface area contributed by atoms with Gasteiger partial charge < -0.3 is 15.6 Å². The van der Waals surface area contributed by atoms with Gasteiger partial charge >= 0.3 is 0 Å². The lowest BCUT2D eigenvalue weighted by Gasteiger charge is -2.19. The number of rotatable bonds is 8. The average molecular weight is 262 g/mol. The van der Waals surface area contributed by atoms with Crippen molar-refractivity contribution in [3.8, 4) is 0 Å². The van der Waals surface area contributed by atoms with Crippen molar-refractivity contribution in [2.24, 2.45) is 5.73 Å². The summed E-state index contributed by atoms with van der Waals surface area (Å²) in [6.45, 7) is 4.82. The molecule has 0 fully saturated rings. The summed E-state index contributed by atoms with van der Waals surface area (Å²) in [4.78, 5) is 4.25. The highest BCUT2D eigenvalue weighted by atomic mass is 15.1. The molecule has 0 aliphatic heterocycles. The normalized spacial score (nSPS) is 16.6. The third kappa shape index (κ3) is 3.91. The topological polar surface area (TPSA) is 55.9 Å². The number of hydrogen-bond donors (Lipinski definition) is 2. The minimum atomic E-state index is 0.219. The smallest absolute Gasteiger partial charge is 0.0948 e. The molecule has 1 atom stereocenters. The van der Waals surface area contributed by atoms with Gasteiger partial charge in [0.2, 0.25) is 0 Å². The predicted molar refractivity (Wildman–Crippen MR) is 78.9 cm³/mol. The number of hydrogen-bond acceptors (Lipinski definition) is 3. The zero-order valence-corrected chi connectivity index (χ0v) is 11.9. The molecule has 1 aromatic heterocycles. The van der Waals surface area contributed by atoms with E-state index in [9.17, 15) is 0 Å². The number of nitrogens with one attached hydrogen (secondary N) is 1. The summed E-state index contributed by atoms with van der Waals surface area (Å²) in [5, 5.41) is 3.57. The molecule has 1 aromatic rings. The second-order valence-corrected chi connectivity index (χ2v) is 5.26. The minimum Gasteiger partial charge on any atom is -0.333 e. The molecule has 19 heavy (non-hydrogen) atoms. The summed E-state index contributed by atoms with van der Waals surface area (Å²) >= 11 is 0. The summed E-state index contributed by atoms with van der Waals surface area (Å²) < 4.78 is 2.21. The third-order valence-electron chi connectivity index (χ3n) is 3.77. The van der Waals surface area contributed by atoms with Gasteiger partial charge in [0.15, 0.2) is 0 Å². The van der Waals surface area contributed by atoms with Crippen molar-refractivity contribution < 1.29 is 0 Å². The lowest BCUT2D eigenvalue weighted by Crippen LogP contribution is -2.31. The van der Waals surface area contributed by atoms with Crippen molar-refractivity contribution in [1.82, 2.24) is 14.9 Å². The molecule has 0 amide bonds. The summed E-state index contributed by atoms with van der Waals surface area (Å²) in [6, 6.07) is 0.219. The van der Waals surface area contributed by atoms with E-state index in [0.29, 0.717) is 6.54 Å². The van der Waals surface area contributed by atoms with E-state index in [-0.39, 0.29) is 6.04 Å². The van der Waals surface area contributed by atoms with Crippen LogP contribution in [0.3, 0.4) is 0 Å². The summed E-state index contributed by atoms with van der Waals surface area (Å²) in [6.07, 6.45) is 12.4. The Hall–Kier alpha value is -1.13. The Labute approximate surface area is 116 Å². The van der Waals surface area contributed by atoms with Gasteiger partial charge in [0, 0.05) is 19.3 Å². The summed E-state index contributed by atoms with van der Waals surface area (Å²) in [5.41, 5.74) is 8.72. The maximum absolute atomic E-state index is 5.91. The Morgan fingerprint density at radius 1 is 1.53 bits per heavy atom. The van der Waals surface area contributed by atoms with Crippen molar-refractivity contribution >= 4 is 0 Å². The quantitative estimate of drug-likeness (QED) is 0.707. The Kier molecular flexibility index (Phi) is 5.61. The zero-order chi connectivity index (χ0) is 13.5. The van der Waals surface area contributed by atoms with E-state index in [1.54, 1.807) is 5.57 Å². The molecule has 0 radical (unpaired) electrons. The van der Waals surface area contributed by atoms with Crippen LogP contribution in [0.2, 0.25) is 0 Å². The second-order valence-electron chi connectivity index (χ2n) is 5.26. The molecule has 1 aliphatic rings. The van der Waals surface area contributed by atoms with Gasteiger partial charge in [-0.1, -0.05) is 18.6 Å². The first kappa shape index (κ1) is 14.3. The van der Waals surface area contributed by atoms with Crippen LogP contribution in [0.5, 0.6) is 0 Å². The van der Waals surface area contributed by atoms with Crippen LogP contribution in [0.4, 0.5) is 0 Å². The first-order chi connectivity index (χ1) is 9.35. The Morgan fingerprint density at radius 3 is 3.11 bits per heavy atom. The molecule has 106 valence electrons. The van der Waals surface area contributed by atoms with E-state index in [4.69, 9.17) is 5.73 Å². The van der Waals surface area contributed by atoms with Crippen LogP contribution in [-0.2, 0) is 6.54 Å². The third-order valence-corrected chi connectivity index (χ3v) is 3.77. The van der Waals surface area contributed by atoms with E-state index in [1.807, 2.05) is 12.5 Å². The van der Waals surface area contributed by atoms with Crippen molar-refractivity contribution in [2.45, 2.75) is 51.6 Å². The molecule has 0 bridgehead atoms. The van der Waals surface area contributed by atoms with E-state index in [1.165, 1.54) is 25.0 Å². The van der Waals surface area contributed by atoms with Crippen molar-refractivity contribution in [3.63, 3.8) is 0 Å². The van der Waals surface area contributed by atoms with Gasteiger partial charge in [0.05, 0.1) is 18.1 Å². The largest absolute Gasteiger partial charge is 0.333 e. The molecule has 2 rings (SSSR count). The molecular formula is C15H26N4. The Morgan fingerprint density at radius 2 is 2.42 bits per heavy atom. The zero-order valence-electron chi connectivity index (χ0n) is 11.9. The molecule has 1 unspecified atom stereocenters. The van der Waals surface area contributed by atoms with Crippen LogP contribution in [0.25, 0.3) is 0 Å². The fourth-order valence-electron chi connectivity index (χ4n) is 2.73. The number of allylic oxidation sites excluding steroid dienone is 1. The standard InChI is InChI=1S/C15H26N4/c1-2-9-19-12-17-11-15(19)14(10-16)18-8-7-13-5-3-4-6-13/h5,11-12,14,18H,2-4,6-10,16H2,1H3. The fraction of sp³-hybridized carbons (Fsp3) is 0.667. The van der Waals surface area contributed by atoms with Crippen LogP contribution in [-0.4, -0.2) is 22.6 Å². The SMILES string of the molecule is CCCn1cncc1C(CN)NCCC1=CCCC1.